The average Bonchev–Trinajstić information content (AvgIpc) is 1.88. The molecule has 1 heterocycles. The van der Waals surface area contributed by atoms with E-state index in [1.54, 1.807) is 12.1 Å². The summed E-state index contributed by atoms with van der Waals surface area (Å²) in [5.41, 5.74) is 0.284. The van der Waals surface area contributed by atoms with Crippen molar-refractivity contribution in [1.82, 2.24) is 4.98 Å². The Bertz CT molecular complexity index is 227. The van der Waals surface area contributed by atoms with Gasteiger partial charge in [-0.15, -0.1) is 0 Å². The van der Waals surface area contributed by atoms with Gasteiger partial charge in [-0.05, 0) is 34.7 Å². The summed E-state index contributed by atoms with van der Waals surface area (Å²) in [6.45, 7) is 0. The standard InChI is InChI=1S/C6H6INO2/c7-4-1-2-8-5(3-4)6(9)10/h1-3,6,9-10H. The fourth-order valence-electron chi connectivity index (χ4n) is 0.562. The van der Waals surface area contributed by atoms with E-state index in [4.69, 9.17) is 10.2 Å². The van der Waals surface area contributed by atoms with Crippen LogP contribution >= 0.6 is 22.6 Å². The van der Waals surface area contributed by atoms with E-state index in [9.17, 15) is 0 Å². The van der Waals surface area contributed by atoms with E-state index in [2.05, 4.69) is 27.6 Å². The van der Waals surface area contributed by atoms with E-state index in [-0.39, 0.29) is 5.69 Å². The fourth-order valence-corrected chi connectivity index (χ4v) is 1.04. The minimum atomic E-state index is -1.46. The Morgan fingerprint density at radius 2 is 2.20 bits per heavy atom. The minimum absolute atomic E-state index is 0.284. The van der Waals surface area contributed by atoms with E-state index in [1.807, 2.05) is 0 Å². The number of halogens is 1. The number of nitrogens with zero attached hydrogens (tertiary/aromatic N) is 1. The smallest absolute Gasteiger partial charge is 0.196 e. The van der Waals surface area contributed by atoms with Crippen LogP contribution in [0.2, 0.25) is 0 Å². The summed E-state index contributed by atoms with van der Waals surface area (Å²) in [6, 6.07) is 3.40. The van der Waals surface area contributed by atoms with Crippen LogP contribution in [-0.4, -0.2) is 15.2 Å². The van der Waals surface area contributed by atoms with Gasteiger partial charge in [-0.3, -0.25) is 4.98 Å². The van der Waals surface area contributed by atoms with Crippen LogP contribution in [0, 0.1) is 3.57 Å². The van der Waals surface area contributed by atoms with Crippen LogP contribution in [0.15, 0.2) is 18.3 Å². The maximum Gasteiger partial charge on any atom is 0.196 e. The van der Waals surface area contributed by atoms with E-state index in [1.165, 1.54) is 6.20 Å². The third-order valence-corrected chi connectivity index (χ3v) is 1.68. The number of hydrogen-bond donors (Lipinski definition) is 2. The lowest BCUT2D eigenvalue weighted by Gasteiger charge is -2.00. The van der Waals surface area contributed by atoms with Crippen molar-refractivity contribution >= 4 is 22.6 Å². The third kappa shape index (κ3) is 1.89. The SMILES string of the molecule is OC(O)c1cc(I)ccn1. The molecule has 0 aromatic carbocycles. The van der Waals surface area contributed by atoms with Gasteiger partial charge in [0.25, 0.3) is 0 Å². The van der Waals surface area contributed by atoms with Crippen LogP contribution in [0.3, 0.4) is 0 Å². The second kappa shape index (κ2) is 3.27. The molecule has 0 aliphatic carbocycles. The van der Waals surface area contributed by atoms with Gasteiger partial charge in [0.05, 0.1) is 5.69 Å². The Kier molecular flexibility index (Phi) is 2.58. The van der Waals surface area contributed by atoms with E-state index < -0.39 is 6.29 Å². The third-order valence-electron chi connectivity index (χ3n) is 1.01. The molecule has 1 rings (SSSR count). The highest BCUT2D eigenvalue weighted by molar-refractivity contribution is 14.1. The number of pyridine rings is 1. The molecule has 2 N–H and O–H groups in total. The summed E-state index contributed by atoms with van der Waals surface area (Å²) >= 11 is 2.08. The molecular weight excluding hydrogens is 245 g/mol. The summed E-state index contributed by atoms with van der Waals surface area (Å²) in [6.07, 6.45) is 0.0750. The van der Waals surface area contributed by atoms with Crippen molar-refractivity contribution in [2.45, 2.75) is 6.29 Å². The Labute approximate surface area is 71.9 Å². The lowest BCUT2D eigenvalue weighted by molar-refractivity contribution is -0.0458. The molecule has 0 aliphatic heterocycles. The van der Waals surface area contributed by atoms with Gasteiger partial charge >= 0.3 is 0 Å². The van der Waals surface area contributed by atoms with Crippen molar-refractivity contribution in [2.75, 3.05) is 0 Å². The molecule has 0 radical (unpaired) electrons. The normalized spacial score (nSPS) is 10.4. The van der Waals surface area contributed by atoms with Crippen molar-refractivity contribution in [3.05, 3.63) is 27.6 Å². The maximum atomic E-state index is 8.64. The zero-order valence-corrected chi connectivity index (χ0v) is 7.19. The molecule has 1 aromatic heterocycles. The van der Waals surface area contributed by atoms with Gasteiger partial charge in [-0.2, -0.15) is 0 Å². The molecule has 0 amide bonds. The summed E-state index contributed by atoms with van der Waals surface area (Å²) in [4.78, 5) is 3.73. The van der Waals surface area contributed by atoms with Gasteiger partial charge in [-0.1, -0.05) is 0 Å². The largest absolute Gasteiger partial charge is 0.363 e. The zero-order chi connectivity index (χ0) is 7.56. The molecule has 0 aliphatic rings. The molecule has 0 fully saturated rings. The second-order valence-electron chi connectivity index (χ2n) is 1.77. The first-order valence-electron chi connectivity index (χ1n) is 2.68. The summed E-state index contributed by atoms with van der Waals surface area (Å²) in [5, 5.41) is 17.3. The first-order valence-corrected chi connectivity index (χ1v) is 3.75. The zero-order valence-electron chi connectivity index (χ0n) is 5.03. The molecule has 3 nitrogen and oxygen atoms in total. The number of aliphatic hydroxyl groups is 2. The van der Waals surface area contributed by atoms with E-state index in [0.29, 0.717) is 0 Å². The number of aliphatic hydroxyl groups excluding tert-OH is 1. The van der Waals surface area contributed by atoms with Crippen LogP contribution in [0.4, 0.5) is 0 Å². The Morgan fingerprint density at radius 3 is 2.60 bits per heavy atom. The van der Waals surface area contributed by atoms with Gasteiger partial charge in [0.2, 0.25) is 0 Å². The second-order valence-corrected chi connectivity index (χ2v) is 3.02. The van der Waals surface area contributed by atoms with Crippen molar-refractivity contribution < 1.29 is 10.2 Å². The number of rotatable bonds is 1. The summed E-state index contributed by atoms with van der Waals surface area (Å²) in [7, 11) is 0. The number of hydrogen-bond acceptors (Lipinski definition) is 3. The minimum Gasteiger partial charge on any atom is -0.363 e. The van der Waals surface area contributed by atoms with E-state index >= 15 is 0 Å². The van der Waals surface area contributed by atoms with Crippen LogP contribution in [-0.2, 0) is 0 Å². The molecule has 4 heteroatoms. The van der Waals surface area contributed by atoms with Crippen LogP contribution in [0.5, 0.6) is 0 Å². The Morgan fingerprint density at radius 1 is 1.50 bits per heavy atom. The fraction of sp³-hybridized carbons (Fsp3) is 0.167. The molecule has 0 bridgehead atoms. The molecular formula is C6H6INO2. The van der Waals surface area contributed by atoms with Gasteiger partial charge in [0.15, 0.2) is 6.29 Å². The van der Waals surface area contributed by atoms with Gasteiger partial charge in [-0.25, -0.2) is 0 Å². The molecule has 0 saturated carbocycles. The highest BCUT2D eigenvalue weighted by Gasteiger charge is 2.02. The highest BCUT2D eigenvalue weighted by atomic mass is 127. The summed E-state index contributed by atoms with van der Waals surface area (Å²) in [5.74, 6) is 0. The molecule has 54 valence electrons. The molecule has 10 heavy (non-hydrogen) atoms. The maximum absolute atomic E-state index is 8.64. The van der Waals surface area contributed by atoms with Crippen molar-refractivity contribution in [2.24, 2.45) is 0 Å². The van der Waals surface area contributed by atoms with Crippen molar-refractivity contribution in [1.29, 1.82) is 0 Å². The van der Waals surface area contributed by atoms with E-state index in [0.717, 1.165) is 3.57 Å². The highest BCUT2D eigenvalue weighted by Crippen LogP contribution is 2.09. The van der Waals surface area contributed by atoms with Gasteiger partial charge in [0.1, 0.15) is 0 Å². The predicted octanol–water partition coefficient (Wildman–Crippen LogP) is 0.669. The molecule has 0 saturated heterocycles. The first kappa shape index (κ1) is 7.90. The average molecular weight is 251 g/mol. The quantitative estimate of drug-likeness (QED) is 0.569. The van der Waals surface area contributed by atoms with Crippen molar-refractivity contribution in [3.8, 4) is 0 Å². The number of aromatic nitrogens is 1. The van der Waals surface area contributed by atoms with Gasteiger partial charge in [0, 0.05) is 9.77 Å². The lowest BCUT2D eigenvalue weighted by atomic mass is 10.3. The van der Waals surface area contributed by atoms with Crippen LogP contribution in [0.25, 0.3) is 0 Å². The van der Waals surface area contributed by atoms with Crippen molar-refractivity contribution in [3.63, 3.8) is 0 Å². The Hall–Kier alpha value is -0.200. The first-order chi connectivity index (χ1) is 4.70. The molecule has 0 spiro atoms. The molecule has 0 unspecified atom stereocenters. The monoisotopic (exact) mass is 251 g/mol. The molecule has 0 atom stereocenters. The van der Waals surface area contributed by atoms with Crippen LogP contribution < -0.4 is 0 Å². The molecule has 1 aromatic rings. The lowest BCUT2D eigenvalue weighted by Crippen LogP contribution is -1.97. The van der Waals surface area contributed by atoms with Crippen LogP contribution in [0.1, 0.15) is 12.0 Å². The predicted molar refractivity (Wildman–Crippen MR) is 44.1 cm³/mol. The Balaban J connectivity index is 2.96. The van der Waals surface area contributed by atoms with Gasteiger partial charge < -0.3 is 10.2 Å². The summed E-state index contributed by atoms with van der Waals surface area (Å²) < 4.78 is 0.940. The topological polar surface area (TPSA) is 53.4 Å².